The predicted octanol–water partition coefficient (Wildman–Crippen LogP) is 3.29. The SMILES string of the molecule is CC1CNCCC1c1ccccc1CBr. The molecular weight excluding hydrogens is 250 g/mol. The molecule has 2 atom stereocenters. The molecule has 1 aliphatic rings. The van der Waals surface area contributed by atoms with Crippen LogP contribution in [0.3, 0.4) is 0 Å². The Bertz CT molecular complexity index is 324. The average Bonchev–Trinajstić information content (AvgIpc) is 2.30. The molecule has 82 valence electrons. The van der Waals surface area contributed by atoms with Crippen molar-refractivity contribution in [1.82, 2.24) is 5.32 Å². The summed E-state index contributed by atoms with van der Waals surface area (Å²) in [5.74, 6) is 1.49. The smallest absolute Gasteiger partial charge is 0.0285 e. The molecule has 0 aromatic heterocycles. The van der Waals surface area contributed by atoms with E-state index >= 15 is 0 Å². The van der Waals surface area contributed by atoms with Crippen LogP contribution in [0.25, 0.3) is 0 Å². The first kappa shape index (κ1) is 11.2. The minimum Gasteiger partial charge on any atom is -0.316 e. The molecule has 1 aromatic carbocycles. The fraction of sp³-hybridized carbons (Fsp3) is 0.538. The third kappa shape index (κ3) is 2.43. The normalized spacial score (nSPS) is 26.5. The molecule has 2 unspecified atom stereocenters. The number of halogens is 1. The second-order valence-electron chi connectivity index (χ2n) is 4.41. The number of hydrogen-bond donors (Lipinski definition) is 1. The molecule has 1 aliphatic heterocycles. The van der Waals surface area contributed by atoms with Gasteiger partial charge in [-0.25, -0.2) is 0 Å². The first-order valence-electron chi connectivity index (χ1n) is 5.67. The van der Waals surface area contributed by atoms with Gasteiger partial charge in [0.05, 0.1) is 0 Å². The Kier molecular flexibility index (Phi) is 3.81. The third-order valence-corrected chi connectivity index (χ3v) is 3.99. The van der Waals surface area contributed by atoms with Gasteiger partial charge >= 0.3 is 0 Å². The predicted molar refractivity (Wildman–Crippen MR) is 68.5 cm³/mol. The lowest BCUT2D eigenvalue weighted by Gasteiger charge is -2.31. The first-order chi connectivity index (χ1) is 7.33. The van der Waals surface area contributed by atoms with Gasteiger partial charge in [0.1, 0.15) is 0 Å². The maximum Gasteiger partial charge on any atom is 0.0285 e. The highest BCUT2D eigenvalue weighted by molar-refractivity contribution is 9.08. The quantitative estimate of drug-likeness (QED) is 0.811. The maximum atomic E-state index is 3.58. The van der Waals surface area contributed by atoms with E-state index in [2.05, 4.69) is 52.4 Å². The molecule has 0 radical (unpaired) electrons. The number of hydrogen-bond acceptors (Lipinski definition) is 1. The zero-order valence-corrected chi connectivity index (χ0v) is 10.8. The second-order valence-corrected chi connectivity index (χ2v) is 4.97. The van der Waals surface area contributed by atoms with Crippen LogP contribution >= 0.6 is 15.9 Å². The molecule has 2 rings (SSSR count). The van der Waals surface area contributed by atoms with Gasteiger partial charge in [-0.15, -0.1) is 0 Å². The Hall–Kier alpha value is -0.340. The zero-order chi connectivity index (χ0) is 10.7. The standard InChI is InChI=1S/C13H18BrN/c1-10-9-15-7-6-12(10)13-5-3-2-4-11(13)8-14/h2-5,10,12,15H,6-9H2,1H3. The summed E-state index contributed by atoms with van der Waals surface area (Å²) < 4.78 is 0. The average molecular weight is 268 g/mol. The van der Waals surface area contributed by atoms with E-state index in [-0.39, 0.29) is 0 Å². The summed E-state index contributed by atoms with van der Waals surface area (Å²) in [5.41, 5.74) is 3.00. The van der Waals surface area contributed by atoms with Crippen LogP contribution in [-0.2, 0) is 5.33 Å². The minimum atomic E-state index is 0.736. The van der Waals surface area contributed by atoms with E-state index in [1.807, 2.05) is 0 Å². The van der Waals surface area contributed by atoms with Gasteiger partial charge in [-0.3, -0.25) is 0 Å². The van der Waals surface area contributed by atoms with Crippen molar-refractivity contribution in [2.45, 2.75) is 24.6 Å². The summed E-state index contributed by atoms with van der Waals surface area (Å²) in [6.45, 7) is 4.66. The van der Waals surface area contributed by atoms with Crippen LogP contribution in [0.15, 0.2) is 24.3 Å². The van der Waals surface area contributed by atoms with Crippen molar-refractivity contribution in [3.8, 4) is 0 Å². The lowest BCUT2D eigenvalue weighted by Crippen LogP contribution is -2.34. The molecule has 0 saturated carbocycles. The van der Waals surface area contributed by atoms with E-state index in [9.17, 15) is 0 Å². The van der Waals surface area contributed by atoms with Gasteiger partial charge in [-0.2, -0.15) is 0 Å². The second kappa shape index (κ2) is 5.13. The van der Waals surface area contributed by atoms with Crippen LogP contribution in [0.2, 0.25) is 0 Å². The monoisotopic (exact) mass is 267 g/mol. The topological polar surface area (TPSA) is 12.0 Å². The Morgan fingerprint density at radius 3 is 2.93 bits per heavy atom. The third-order valence-electron chi connectivity index (χ3n) is 3.38. The van der Waals surface area contributed by atoms with Crippen LogP contribution in [0.4, 0.5) is 0 Å². The lowest BCUT2D eigenvalue weighted by molar-refractivity contribution is 0.348. The first-order valence-corrected chi connectivity index (χ1v) is 6.79. The highest BCUT2D eigenvalue weighted by atomic mass is 79.9. The number of piperidine rings is 1. The maximum absolute atomic E-state index is 3.58. The van der Waals surface area contributed by atoms with E-state index in [1.165, 1.54) is 12.0 Å². The van der Waals surface area contributed by atoms with Crippen molar-refractivity contribution < 1.29 is 0 Å². The van der Waals surface area contributed by atoms with Crippen molar-refractivity contribution in [2.75, 3.05) is 13.1 Å². The van der Waals surface area contributed by atoms with Crippen molar-refractivity contribution in [3.63, 3.8) is 0 Å². The van der Waals surface area contributed by atoms with Crippen LogP contribution in [0.1, 0.15) is 30.4 Å². The summed E-state index contributed by atoms with van der Waals surface area (Å²) in [5, 5.41) is 4.43. The Morgan fingerprint density at radius 1 is 1.40 bits per heavy atom. The van der Waals surface area contributed by atoms with Crippen molar-refractivity contribution in [2.24, 2.45) is 5.92 Å². The summed E-state index contributed by atoms with van der Waals surface area (Å²) >= 11 is 3.58. The Morgan fingerprint density at radius 2 is 2.20 bits per heavy atom. The summed E-state index contributed by atoms with van der Waals surface area (Å²) in [6, 6.07) is 8.82. The molecule has 0 bridgehead atoms. The number of benzene rings is 1. The van der Waals surface area contributed by atoms with Crippen LogP contribution in [0, 0.1) is 5.92 Å². The fourth-order valence-corrected chi connectivity index (χ4v) is 3.00. The van der Waals surface area contributed by atoms with Gasteiger partial charge in [0.15, 0.2) is 0 Å². The molecule has 1 aromatic rings. The van der Waals surface area contributed by atoms with Gasteiger partial charge < -0.3 is 5.32 Å². The number of nitrogens with one attached hydrogen (secondary N) is 1. The Balaban J connectivity index is 2.26. The van der Waals surface area contributed by atoms with Gasteiger partial charge in [-0.1, -0.05) is 47.1 Å². The Labute approximate surface area is 100 Å². The van der Waals surface area contributed by atoms with E-state index < -0.39 is 0 Å². The summed E-state index contributed by atoms with van der Waals surface area (Å²) in [6.07, 6.45) is 1.27. The highest BCUT2D eigenvalue weighted by Crippen LogP contribution is 2.32. The summed E-state index contributed by atoms with van der Waals surface area (Å²) in [7, 11) is 0. The van der Waals surface area contributed by atoms with Crippen molar-refractivity contribution in [3.05, 3.63) is 35.4 Å². The molecular formula is C13H18BrN. The molecule has 1 fully saturated rings. The molecule has 0 aliphatic carbocycles. The van der Waals surface area contributed by atoms with Crippen LogP contribution in [-0.4, -0.2) is 13.1 Å². The number of alkyl halides is 1. The van der Waals surface area contributed by atoms with Gasteiger partial charge in [-0.05, 0) is 42.5 Å². The summed E-state index contributed by atoms with van der Waals surface area (Å²) in [4.78, 5) is 0. The van der Waals surface area contributed by atoms with E-state index in [4.69, 9.17) is 0 Å². The van der Waals surface area contributed by atoms with Crippen molar-refractivity contribution >= 4 is 15.9 Å². The van der Waals surface area contributed by atoms with Gasteiger partial charge in [0, 0.05) is 5.33 Å². The molecule has 0 spiro atoms. The minimum absolute atomic E-state index is 0.736. The van der Waals surface area contributed by atoms with Crippen LogP contribution < -0.4 is 5.32 Å². The molecule has 1 saturated heterocycles. The largest absolute Gasteiger partial charge is 0.316 e. The highest BCUT2D eigenvalue weighted by Gasteiger charge is 2.23. The van der Waals surface area contributed by atoms with Crippen LogP contribution in [0.5, 0.6) is 0 Å². The van der Waals surface area contributed by atoms with Gasteiger partial charge in [0.25, 0.3) is 0 Å². The number of rotatable bonds is 2. The lowest BCUT2D eigenvalue weighted by atomic mass is 9.80. The molecule has 1 N–H and O–H groups in total. The fourth-order valence-electron chi connectivity index (χ4n) is 2.49. The van der Waals surface area contributed by atoms with E-state index in [0.29, 0.717) is 0 Å². The molecule has 0 amide bonds. The van der Waals surface area contributed by atoms with Gasteiger partial charge in [0.2, 0.25) is 0 Å². The van der Waals surface area contributed by atoms with E-state index in [0.717, 1.165) is 30.3 Å². The zero-order valence-electron chi connectivity index (χ0n) is 9.17. The van der Waals surface area contributed by atoms with Crippen molar-refractivity contribution in [1.29, 1.82) is 0 Å². The molecule has 15 heavy (non-hydrogen) atoms. The molecule has 1 heterocycles. The molecule has 2 heteroatoms. The van der Waals surface area contributed by atoms with E-state index in [1.54, 1.807) is 5.56 Å². The molecule has 1 nitrogen and oxygen atoms in total.